The van der Waals surface area contributed by atoms with Crippen molar-refractivity contribution in [1.29, 1.82) is 0 Å². The van der Waals surface area contributed by atoms with Crippen molar-refractivity contribution >= 4 is 11.6 Å². The first-order valence-electron chi connectivity index (χ1n) is 4.09. The third kappa shape index (κ3) is 2.08. The van der Waals surface area contributed by atoms with Gasteiger partial charge in [-0.05, 0) is 17.3 Å². The molecule has 3 N–H and O–H groups in total. The number of amides is 1. The molecule has 0 radical (unpaired) electrons. The van der Waals surface area contributed by atoms with Gasteiger partial charge in [-0.3, -0.25) is 4.79 Å². The van der Waals surface area contributed by atoms with Crippen molar-refractivity contribution in [2.24, 2.45) is 0 Å². The van der Waals surface area contributed by atoms with Crippen LogP contribution in [-0.2, 0) is 0 Å². The quantitative estimate of drug-likeness (QED) is 0.647. The minimum Gasteiger partial charge on any atom is -0.508 e. The fourth-order valence-electron chi connectivity index (χ4n) is 1.03. The number of aromatic nitrogens is 4. The standard InChI is InChI=1S/C8H7N5O2/c14-6-3-1-2-5(4-6)9-8(15)7-10-12-13-11-7/h1-4,14H,(H,9,15)(H,10,11,12,13). The molecule has 7 heteroatoms. The summed E-state index contributed by atoms with van der Waals surface area (Å²) in [4.78, 5) is 11.4. The summed E-state index contributed by atoms with van der Waals surface area (Å²) in [6.45, 7) is 0. The number of nitrogens with zero attached hydrogens (tertiary/aromatic N) is 3. The molecule has 0 bridgehead atoms. The van der Waals surface area contributed by atoms with Crippen LogP contribution < -0.4 is 5.32 Å². The molecule has 76 valence electrons. The van der Waals surface area contributed by atoms with Gasteiger partial charge in [0.1, 0.15) is 5.75 Å². The van der Waals surface area contributed by atoms with Crippen LogP contribution in [0, 0.1) is 0 Å². The monoisotopic (exact) mass is 205 g/mol. The number of tetrazole rings is 1. The third-order valence-corrected chi connectivity index (χ3v) is 1.65. The summed E-state index contributed by atoms with van der Waals surface area (Å²) in [5, 5.41) is 24.1. The van der Waals surface area contributed by atoms with Crippen molar-refractivity contribution in [1.82, 2.24) is 20.6 Å². The van der Waals surface area contributed by atoms with Gasteiger partial charge in [-0.1, -0.05) is 6.07 Å². The number of phenols is 1. The minimum atomic E-state index is -0.491. The Morgan fingerprint density at radius 1 is 1.47 bits per heavy atom. The molecular weight excluding hydrogens is 198 g/mol. The van der Waals surface area contributed by atoms with Crippen molar-refractivity contribution in [3.8, 4) is 5.75 Å². The second-order valence-electron chi connectivity index (χ2n) is 2.74. The van der Waals surface area contributed by atoms with Crippen LogP contribution in [0.15, 0.2) is 24.3 Å². The van der Waals surface area contributed by atoms with E-state index < -0.39 is 5.91 Å². The predicted octanol–water partition coefficient (Wildman–Crippen LogP) is 0.158. The summed E-state index contributed by atoms with van der Waals surface area (Å²) in [5.74, 6) is -0.478. The molecule has 0 aliphatic rings. The van der Waals surface area contributed by atoms with E-state index in [1.165, 1.54) is 12.1 Å². The highest BCUT2D eigenvalue weighted by molar-refractivity contribution is 6.01. The number of H-pyrrole nitrogens is 1. The van der Waals surface area contributed by atoms with Crippen molar-refractivity contribution in [3.63, 3.8) is 0 Å². The number of aromatic amines is 1. The molecular formula is C8H7N5O2. The molecule has 15 heavy (non-hydrogen) atoms. The number of nitrogens with one attached hydrogen (secondary N) is 2. The molecule has 7 nitrogen and oxygen atoms in total. The summed E-state index contributed by atoms with van der Waals surface area (Å²) in [6, 6.07) is 6.17. The fourth-order valence-corrected chi connectivity index (χ4v) is 1.03. The molecule has 2 aromatic rings. The van der Waals surface area contributed by atoms with E-state index >= 15 is 0 Å². The highest BCUT2D eigenvalue weighted by atomic mass is 16.3. The topological polar surface area (TPSA) is 104 Å². The molecule has 0 spiro atoms. The SMILES string of the molecule is O=C(Nc1cccc(O)c1)c1nn[nH]n1. The average molecular weight is 205 g/mol. The lowest BCUT2D eigenvalue weighted by atomic mass is 10.3. The smallest absolute Gasteiger partial charge is 0.297 e. The first-order chi connectivity index (χ1) is 7.25. The second kappa shape index (κ2) is 3.74. The van der Waals surface area contributed by atoms with Crippen LogP contribution in [0.25, 0.3) is 0 Å². The third-order valence-electron chi connectivity index (χ3n) is 1.65. The van der Waals surface area contributed by atoms with Crippen LogP contribution in [0.4, 0.5) is 5.69 Å². The Hall–Kier alpha value is -2.44. The predicted molar refractivity (Wildman–Crippen MR) is 50.2 cm³/mol. The van der Waals surface area contributed by atoms with Gasteiger partial charge in [0, 0.05) is 11.8 Å². The van der Waals surface area contributed by atoms with E-state index in [-0.39, 0.29) is 11.6 Å². The van der Waals surface area contributed by atoms with Crippen molar-refractivity contribution in [2.75, 3.05) is 5.32 Å². The molecule has 1 heterocycles. The molecule has 0 aliphatic carbocycles. The Bertz CT molecular complexity index is 468. The highest BCUT2D eigenvalue weighted by Crippen LogP contribution is 2.15. The summed E-state index contributed by atoms with van der Waals surface area (Å²) in [7, 11) is 0. The van der Waals surface area contributed by atoms with Crippen LogP contribution in [0.1, 0.15) is 10.6 Å². The summed E-state index contributed by atoms with van der Waals surface area (Å²) in [5.41, 5.74) is 0.463. The van der Waals surface area contributed by atoms with E-state index in [4.69, 9.17) is 5.11 Å². The van der Waals surface area contributed by atoms with Crippen molar-refractivity contribution in [2.45, 2.75) is 0 Å². The lowest BCUT2D eigenvalue weighted by molar-refractivity contribution is 0.101. The maximum absolute atomic E-state index is 11.4. The van der Waals surface area contributed by atoms with Gasteiger partial charge in [0.05, 0.1) is 0 Å². The van der Waals surface area contributed by atoms with Gasteiger partial charge in [0.2, 0.25) is 0 Å². The fraction of sp³-hybridized carbons (Fsp3) is 0. The zero-order valence-corrected chi connectivity index (χ0v) is 7.51. The van der Waals surface area contributed by atoms with Gasteiger partial charge >= 0.3 is 0 Å². The zero-order chi connectivity index (χ0) is 10.7. The molecule has 0 atom stereocenters. The molecule has 2 rings (SSSR count). The van der Waals surface area contributed by atoms with Crippen LogP contribution >= 0.6 is 0 Å². The van der Waals surface area contributed by atoms with Crippen molar-refractivity contribution < 1.29 is 9.90 Å². The number of rotatable bonds is 2. The molecule has 1 amide bonds. The first-order valence-corrected chi connectivity index (χ1v) is 4.09. The van der Waals surface area contributed by atoms with Gasteiger partial charge in [-0.2, -0.15) is 5.21 Å². The van der Waals surface area contributed by atoms with Gasteiger partial charge in [-0.15, -0.1) is 10.2 Å². The number of phenolic OH excluding ortho intramolecular Hbond substituents is 1. The molecule has 0 saturated carbocycles. The largest absolute Gasteiger partial charge is 0.508 e. The van der Waals surface area contributed by atoms with Crippen LogP contribution in [0.5, 0.6) is 5.75 Å². The van der Waals surface area contributed by atoms with Crippen LogP contribution in [-0.4, -0.2) is 31.6 Å². The zero-order valence-electron chi connectivity index (χ0n) is 7.51. The van der Waals surface area contributed by atoms with E-state index in [2.05, 4.69) is 25.9 Å². The van der Waals surface area contributed by atoms with Crippen molar-refractivity contribution in [3.05, 3.63) is 30.1 Å². The summed E-state index contributed by atoms with van der Waals surface area (Å²) >= 11 is 0. The number of benzene rings is 1. The van der Waals surface area contributed by atoms with Crippen LogP contribution in [0.3, 0.4) is 0 Å². The number of hydrogen-bond acceptors (Lipinski definition) is 5. The maximum Gasteiger partial charge on any atom is 0.297 e. The maximum atomic E-state index is 11.4. The van der Waals surface area contributed by atoms with Gasteiger partial charge in [-0.25, -0.2) is 0 Å². The number of anilines is 1. The lowest BCUT2D eigenvalue weighted by Gasteiger charge is -2.01. The average Bonchev–Trinajstić information content (AvgIpc) is 2.70. The number of carbonyl (C=O) groups is 1. The van der Waals surface area contributed by atoms with E-state index in [9.17, 15) is 4.79 Å². The Morgan fingerprint density at radius 3 is 3.00 bits per heavy atom. The minimum absolute atomic E-state index is 0.0571. The van der Waals surface area contributed by atoms with E-state index in [1.807, 2.05) is 0 Å². The van der Waals surface area contributed by atoms with Gasteiger partial charge in [0.15, 0.2) is 0 Å². The van der Waals surface area contributed by atoms with E-state index in [0.717, 1.165) is 0 Å². The highest BCUT2D eigenvalue weighted by Gasteiger charge is 2.10. The molecule has 1 aromatic carbocycles. The van der Waals surface area contributed by atoms with E-state index in [1.54, 1.807) is 12.1 Å². The Labute approximate surface area is 84.1 Å². The number of hydrogen-bond donors (Lipinski definition) is 3. The first kappa shape index (κ1) is 9.13. The van der Waals surface area contributed by atoms with Gasteiger partial charge in [0.25, 0.3) is 11.7 Å². The Kier molecular flexibility index (Phi) is 2.28. The molecule has 0 fully saturated rings. The van der Waals surface area contributed by atoms with Gasteiger partial charge < -0.3 is 10.4 Å². The number of carbonyl (C=O) groups excluding carboxylic acids is 1. The summed E-state index contributed by atoms with van der Waals surface area (Å²) in [6.07, 6.45) is 0. The van der Waals surface area contributed by atoms with E-state index in [0.29, 0.717) is 5.69 Å². The Morgan fingerprint density at radius 2 is 2.33 bits per heavy atom. The Balaban J connectivity index is 2.13. The lowest BCUT2D eigenvalue weighted by Crippen LogP contribution is -2.13. The molecule has 0 saturated heterocycles. The second-order valence-corrected chi connectivity index (χ2v) is 2.74. The number of aromatic hydroxyl groups is 1. The summed E-state index contributed by atoms with van der Waals surface area (Å²) < 4.78 is 0. The molecule has 0 aliphatic heterocycles. The van der Waals surface area contributed by atoms with Crippen LogP contribution in [0.2, 0.25) is 0 Å². The molecule has 0 unspecified atom stereocenters. The molecule has 1 aromatic heterocycles. The normalized spacial score (nSPS) is 9.87.